The number of hydrogen-bond donors (Lipinski definition) is 2. The number of unbranched alkanes of at least 4 members (excludes halogenated alkanes) is 1. The summed E-state index contributed by atoms with van der Waals surface area (Å²) in [6.45, 7) is 3.85. The number of nitrogens with two attached hydrogens (primary N) is 1. The number of ether oxygens (including phenoxy) is 1. The molecule has 0 aromatic carbocycles. The Balaban J connectivity index is 3.57. The topological polar surface area (TPSA) is 72.5 Å². The maximum atomic E-state index is 11.0. The number of carbonyl (C=O) groups excluding carboxylic acids is 1. The summed E-state index contributed by atoms with van der Waals surface area (Å²) in [6.07, 6.45) is 0.953. The van der Waals surface area contributed by atoms with Crippen molar-refractivity contribution >= 4 is 5.97 Å². The number of aliphatic hydroxyl groups excluding tert-OH is 1. The molecular formula is C8H17NO3. The Kier molecular flexibility index (Phi) is 5.66. The summed E-state index contributed by atoms with van der Waals surface area (Å²) >= 11 is 0. The standard InChI is InChI=1S/C8H17NO3/c1-3-4-5-12-8(11)7(9)6(2)10/h6-7,10H,3-5,9H2,1-2H3/t6?,7-/m0/s1. The third-order valence-electron chi connectivity index (χ3n) is 1.53. The lowest BCUT2D eigenvalue weighted by Gasteiger charge is -2.13. The van der Waals surface area contributed by atoms with Gasteiger partial charge in [-0.15, -0.1) is 0 Å². The van der Waals surface area contributed by atoms with E-state index < -0.39 is 18.1 Å². The monoisotopic (exact) mass is 175 g/mol. The number of rotatable bonds is 5. The van der Waals surface area contributed by atoms with Crippen LogP contribution in [0.4, 0.5) is 0 Å². The van der Waals surface area contributed by atoms with Crippen molar-refractivity contribution < 1.29 is 14.6 Å². The van der Waals surface area contributed by atoms with E-state index in [1.807, 2.05) is 6.92 Å². The van der Waals surface area contributed by atoms with Gasteiger partial charge in [-0.3, -0.25) is 4.79 Å². The minimum Gasteiger partial charge on any atom is -0.464 e. The van der Waals surface area contributed by atoms with E-state index in [1.165, 1.54) is 6.92 Å². The fourth-order valence-corrected chi connectivity index (χ4v) is 0.610. The molecule has 72 valence electrons. The van der Waals surface area contributed by atoms with Crippen LogP contribution in [-0.4, -0.2) is 29.8 Å². The summed E-state index contributed by atoms with van der Waals surface area (Å²) < 4.78 is 4.78. The van der Waals surface area contributed by atoms with Gasteiger partial charge in [0.25, 0.3) is 0 Å². The quantitative estimate of drug-likeness (QED) is 0.457. The second-order valence-electron chi connectivity index (χ2n) is 2.79. The second-order valence-corrected chi connectivity index (χ2v) is 2.79. The van der Waals surface area contributed by atoms with Gasteiger partial charge in [-0.2, -0.15) is 0 Å². The molecule has 0 aliphatic heterocycles. The molecule has 4 heteroatoms. The first-order valence-electron chi connectivity index (χ1n) is 4.19. The minimum atomic E-state index is -0.915. The minimum absolute atomic E-state index is 0.385. The number of carbonyl (C=O) groups is 1. The van der Waals surface area contributed by atoms with Crippen molar-refractivity contribution in [2.24, 2.45) is 5.73 Å². The average molecular weight is 175 g/mol. The van der Waals surface area contributed by atoms with Crippen LogP contribution in [0.5, 0.6) is 0 Å². The molecule has 0 aromatic heterocycles. The molecule has 0 spiro atoms. The molecule has 0 fully saturated rings. The van der Waals surface area contributed by atoms with Crippen molar-refractivity contribution in [1.29, 1.82) is 0 Å². The van der Waals surface area contributed by atoms with E-state index in [1.54, 1.807) is 0 Å². The molecule has 0 aliphatic rings. The summed E-state index contributed by atoms with van der Waals surface area (Å²) in [5.41, 5.74) is 5.32. The van der Waals surface area contributed by atoms with Gasteiger partial charge >= 0.3 is 5.97 Å². The van der Waals surface area contributed by atoms with Gasteiger partial charge in [0.15, 0.2) is 0 Å². The normalized spacial score (nSPS) is 15.3. The van der Waals surface area contributed by atoms with Crippen LogP contribution in [0.15, 0.2) is 0 Å². The number of aliphatic hydroxyl groups is 1. The summed E-state index contributed by atoms with van der Waals surface area (Å²) in [4.78, 5) is 11.0. The molecule has 0 aromatic rings. The van der Waals surface area contributed by atoms with Crippen LogP contribution >= 0.6 is 0 Å². The van der Waals surface area contributed by atoms with Crippen molar-refractivity contribution in [3.05, 3.63) is 0 Å². The van der Waals surface area contributed by atoms with Gasteiger partial charge in [0.1, 0.15) is 6.04 Å². The molecule has 2 atom stereocenters. The Morgan fingerprint density at radius 2 is 2.25 bits per heavy atom. The summed E-state index contributed by atoms with van der Waals surface area (Å²) in [7, 11) is 0. The molecule has 0 heterocycles. The highest BCUT2D eigenvalue weighted by molar-refractivity contribution is 5.76. The zero-order valence-electron chi connectivity index (χ0n) is 7.62. The van der Waals surface area contributed by atoms with Gasteiger partial charge in [0.05, 0.1) is 12.7 Å². The van der Waals surface area contributed by atoms with Crippen LogP contribution in [-0.2, 0) is 9.53 Å². The smallest absolute Gasteiger partial charge is 0.325 e. The third kappa shape index (κ3) is 4.31. The van der Waals surface area contributed by atoms with E-state index in [-0.39, 0.29) is 0 Å². The summed E-state index contributed by atoms with van der Waals surface area (Å²) in [5.74, 6) is -0.529. The van der Waals surface area contributed by atoms with Gasteiger partial charge in [0, 0.05) is 0 Å². The number of esters is 1. The van der Waals surface area contributed by atoms with E-state index >= 15 is 0 Å². The van der Waals surface area contributed by atoms with E-state index in [9.17, 15) is 4.79 Å². The fraction of sp³-hybridized carbons (Fsp3) is 0.875. The fourth-order valence-electron chi connectivity index (χ4n) is 0.610. The highest BCUT2D eigenvalue weighted by Crippen LogP contribution is 1.95. The van der Waals surface area contributed by atoms with Gasteiger partial charge in [0.2, 0.25) is 0 Å². The molecule has 0 bridgehead atoms. The molecular weight excluding hydrogens is 158 g/mol. The predicted molar refractivity (Wildman–Crippen MR) is 45.5 cm³/mol. The predicted octanol–water partition coefficient (Wildman–Crippen LogP) is 0.0378. The highest BCUT2D eigenvalue weighted by Gasteiger charge is 2.19. The molecule has 0 saturated heterocycles. The van der Waals surface area contributed by atoms with Crippen LogP contribution in [0.1, 0.15) is 26.7 Å². The van der Waals surface area contributed by atoms with Gasteiger partial charge in [-0.05, 0) is 13.3 Å². The van der Waals surface area contributed by atoms with Crippen molar-refractivity contribution in [2.45, 2.75) is 38.8 Å². The lowest BCUT2D eigenvalue weighted by Crippen LogP contribution is -2.41. The molecule has 0 radical (unpaired) electrons. The van der Waals surface area contributed by atoms with Crippen LogP contribution in [0.2, 0.25) is 0 Å². The zero-order valence-corrected chi connectivity index (χ0v) is 7.62. The van der Waals surface area contributed by atoms with Crippen LogP contribution in [0.25, 0.3) is 0 Å². The highest BCUT2D eigenvalue weighted by atomic mass is 16.5. The van der Waals surface area contributed by atoms with Crippen molar-refractivity contribution in [3.8, 4) is 0 Å². The maximum Gasteiger partial charge on any atom is 0.325 e. The third-order valence-corrected chi connectivity index (χ3v) is 1.53. The van der Waals surface area contributed by atoms with Gasteiger partial charge < -0.3 is 15.6 Å². The first kappa shape index (κ1) is 11.4. The Labute approximate surface area is 72.7 Å². The lowest BCUT2D eigenvalue weighted by atomic mass is 10.2. The van der Waals surface area contributed by atoms with Crippen molar-refractivity contribution in [2.75, 3.05) is 6.61 Å². The SMILES string of the molecule is CCCCOC(=O)[C@@H](N)C(C)O. The molecule has 1 unspecified atom stereocenters. The van der Waals surface area contributed by atoms with Gasteiger partial charge in [-0.1, -0.05) is 13.3 Å². The van der Waals surface area contributed by atoms with Crippen molar-refractivity contribution in [3.63, 3.8) is 0 Å². The van der Waals surface area contributed by atoms with Gasteiger partial charge in [-0.25, -0.2) is 0 Å². The van der Waals surface area contributed by atoms with Crippen molar-refractivity contribution in [1.82, 2.24) is 0 Å². The molecule has 0 saturated carbocycles. The largest absolute Gasteiger partial charge is 0.464 e. The van der Waals surface area contributed by atoms with Crippen LogP contribution in [0.3, 0.4) is 0 Å². The molecule has 0 rings (SSSR count). The Morgan fingerprint density at radius 1 is 1.67 bits per heavy atom. The van der Waals surface area contributed by atoms with Crippen LogP contribution < -0.4 is 5.73 Å². The average Bonchev–Trinajstić information content (AvgIpc) is 2.03. The second kappa shape index (κ2) is 5.97. The first-order valence-corrected chi connectivity index (χ1v) is 4.19. The molecule has 3 N–H and O–H groups in total. The molecule has 4 nitrogen and oxygen atoms in total. The lowest BCUT2D eigenvalue weighted by molar-refractivity contribution is -0.147. The maximum absolute atomic E-state index is 11.0. The van der Waals surface area contributed by atoms with E-state index in [4.69, 9.17) is 15.6 Å². The Morgan fingerprint density at radius 3 is 2.67 bits per heavy atom. The Hall–Kier alpha value is -0.610. The van der Waals surface area contributed by atoms with E-state index in [2.05, 4.69) is 0 Å². The van der Waals surface area contributed by atoms with Crippen LogP contribution in [0, 0.1) is 0 Å². The summed E-state index contributed by atoms with van der Waals surface area (Å²) in [5, 5.41) is 8.92. The molecule has 12 heavy (non-hydrogen) atoms. The summed E-state index contributed by atoms with van der Waals surface area (Å²) in [6, 6.07) is -0.915. The van der Waals surface area contributed by atoms with E-state index in [0.29, 0.717) is 6.61 Å². The first-order chi connectivity index (χ1) is 5.59. The van der Waals surface area contributed by atoms with E-state index in [0.717, 1.165) is 12.8 Å². The Bertz CT molecular complexity index is 136. The number of hydrogen-bond acceptors (Lipinski definition) is 4. The zero-order chi connectivity index (χ0) is 9.56. The molecule has 0 amide bonds. The molecule has 0 aliphatic carbocycles.